The van der Waals surface area contributed by atoms with Gasteiger partial charge in [-0.3, -0.25) is 4.98 Å². The summed E-state index contributed by atoms with van der Waals surface area (Å²) in [5, 5.41) is 0. The fourth-order valence-electron chi connectivity index (χ4n) is 4.05. The Hall–Kier alpha value is -4.03. The van der Waals surface area contributed by atoms with Gasteiger partial charge in [0.05, 0.1) is 22.0 Å². The molecule has 0 spiro atoms. The van der Waals surface area contributed by atoms with Crippen LogP contribution in [0.2, 0.25) is 0 Å². The first-order valence-electron chi connectivity index (χ1n) is 12.5. The predicted molar refractivity (Wildman–Crippen MR) is 153 cm³/mol. The molecule has 9 nitrogen and oxygen atoms in total. The molecule has 0 atom stereocenters. The molecule has 2 aromatic carbocycles. The van der Waals surface area contributed by atoms with E-state index in [1.807, 2.05) is 0 Å². The smallest absolute Gasteiger partial charge is 0.410 e. The van der Waals surface area contributed by atoms with E-state index in [0.717, 1.165) is 10.2 Å². The van der Waals surface area contributed by atoms with Gasteiger partial charge in [-0.25, -0.2) is 30.0 Å². The Morgan fingerprint density at radius 2 is 1.63 bits per heavy atom. The highest BCUT2D eigenvalue weighted by Crippen LogP contribution is 2.31. The molecule has 0 aliphatic heterocycles. The van der Waals surface area contributed by atoms with E-state index in [2.05, 4.69) is 4.98 Å². The number of aromatic nitrogens is 2. The van der Waals surface area contributed by atoms with E-state index in [0.29, 0.717) is 16.7 Å². The summed E-state index contributed by atoms with van der Waals surface area (Å²) in [6.45, 7) is 5.21. The summed E-state index contributed by atoms with van der Waals surface area (Å²) in [5.74, 6) is -0.619. The summed E-state index contributed by atoms with van der Waals surface area (Å²) >= 11 is 0. The van der Waals surface area contributed by atoms with E-state index in [9.17, 15) is 26.0 Å². The molecule has 0 N–H and O–H groups in total. The normalized spacial score (nSPS) is 12.2. The van der Waals surface area contributed by atoms with Crippen molar-refractivity contribution in [2.75, 3.05) is 13.3 Å². The summed E-state index contributed by atoms with van der Waals surface area (Å²) < 4.78 is 73.3. The van der Waals surface area contributed by atoms with Crippen LogP contribution in [0.3, 0.4) is 0 Å². The number of nitrogens with zero attached hydrogens (tertiary/aromatic N) is 3. The first kappa shape index (κ1) is 29.9. The van der Waals surface area contributed by atoms with Gasteiger partial charge in [-0.1, -0.05) is 24.3 Å². The molecule has 2 aromatic heterocycles. The molecule has 0 aliphatic carbocycles. The van der Waals surface area contributed by atoms with Gasteiger partial charge in [0, 0.05) is 43.0 Å². The van der Waals surface area contributed by atoms with Crippen LogP contribution in [0.15, 0.2) is 89.0 Å². The number of rotatable bonds is 7. The molecule has 0 saturated carbocycles. The van der Waals surface area contributed by atoms with E-state index in [4.69, 9.17) is 4.74 Å². The Morgan fingerprint density at radius 1 is 0.951 bits per heavy atom. The third kappa shape index (κ3) is 6.83. The molecular weight excluding hydrogens is 569 g/mol. The summed E-state index contributed by atoms with van der Waals surface area (Å²) in [4.78, 5) is 17.7. The Morgan fingerprint density at radius 3 is 2.29 bits per heavy atom. The van der Waals surface area contributed by atoms with Crippen molar-refractivity contribution in [1.29, 1.82) is 0 Å². The minimum Gasteiger partial charge on any atom is -0.444 e. The number of sulfone groups is 1. The van der Waals surface area contributed by atoms with Crippen molar-refractivity contribution in [3.8, 4) is 22.4 Å². The van der Waals surface area contributed by atoms with Gasteiger partial charge in [-0.2, -0.15) is 0 Å². The zero-order chi connectivity index (χ0) is 30.2. The second-order valence-corrected chi connectivity index (χ2v) is 14.4. The second kappa shape index (κ2) is 11.1. The minimum absolute atomic E-state index is 0.00286. The van der Waals surface area contributed by atoms with Crippen molar-refractivity contribution in [2.24, 2.45) is 0 Å². The lowest BCUT2D eigenvalue weighted by atomic mass is 10.1. The highest BCUT2D eigenvalue weighted by Gasteiger charge is 2.26. The van der Waals surface area contributed by atoms with E-state index in [1.54, 1.807) is 32.9 Å². The van der Waals surface area contributed by atoms with Crippen molar-refractivity contribution < 1.29 is 30.8 Å². The van der Waals surface area contributed by atoms with E-state index >= 15 is 0 Å². The lowest BCUT2D eigenvalue weighted by Gasteiger charge is -2.24. The predicted octanol–water partition coefficient (Wildman–Crippen LogP) is 5.36. The maximum Gasteiger partial charge on any atom is 0.410 e. The fraction of sp³-hybridized carbons (Fsp3) is 0.241. The number of ether oxygens (including phenoxy) is 1. The van der Waals surface area contributed by atoms with Gasteiger partial charge in [-0.15, -0.1) is 0 Å². The number of benzene rings is 2. The van der Waals surface area contributed by atoms with Gasteiger partial charge in [0.25, 0.3) is 10.0 Å². The molecule has 1 amide bonds. The van der Waals surface area contributed by atoms with Crippen LogP contribution >= 0.6 is 0 Å². The summed E-state index contributed by atoms with van der Waals surface area (Å²) in [7, 11) is -6.31. The second-order valence-electron chi connectivity index (χ2n) is 10.6. The molecule has 0 unspecified atom stereocenters. The summed E-state index contributed by atoms with van der Waals surface area (Å²) in [6.07, 6.45) is 4.46. The molecule has 2 heterocycles. The first-order valence-corrected chi connectivity index (χ1v) is 15.8. The lowest BCUT2D eigenvalue weighted by Crippen LogP contribution is -2.33. The molecule has 0 fully saturated rings. The number of amides is 1. The maximum absolute atomic E-state index is 14.9. The van der Waals surface area contributed by atoms with E-state index in [1.165, 1.54) is 79.1 Å². The molecule has 4 rings (SSSR count). The highest BCUT2D eigenvalue weighted by molar-refractivity contribution is 7.90. The van der Waals surface area contributed by atoms with Crippen molar-refractivity contribution in [3.63, 3.8) is 0 Å². The van der Waals surface area contributed by atoms with Crippen LogP contribution in [-0.4, -0.2) is 55.7 Å². The van der Waals surface area contributed by atoms with E-state index < -0.39 is 37.4 Å². The van der Waals surface area contributed by atoms with Gasteiger partial charge < -0.3 is 9.64 Å². The molecular formula is C29H30FN3O6S2. The standard InChI is InChI=1S/C29H30FN3O6S2/c1-29(2,3)39-28(34)32(4)18-20-13-27(25-11-6-7-12-26(25)30)33(19-20)41(37,38)23-10-8-9-21(14-23)22-15-24(17-31-16-22)40(5,35)36/h6-17,19H,18H2,1-5H3. The van der Waals surface area contributed by atoms with Crippen LogP contribution < -0.4 is 0 Å². The van der Waals surface area contributed by atoms with Crippen LogP contribution in [0.1, 0.15) is 26.3 Å². The van der Waals surface area contributed by atoms with Gasteiger partial charge in [-0.05, 0) is 68.3 Å². The minimum atomic E-state index is -4.29. The largest absolute Gasteiger partial charge is 0.444 e. The molecule has 12 heteroatoms. The molecule has 0 saturated heterocycles. The van der Waals surface area contributed by atoms with Crippen LogP contribution in [-0.2, 0) is 31.1 Å². The van der Waals surface area contributed by atoms with Gasteiger partial charge in [0.1, 0.15) is 11.4 Å². The fourth-order valence-corrected chi connectivity index (χ4v) is 6.09. The molecule has 0 aliphatic rings. The van der Waals surface area contributed by atoms with Gasteiger partial charge in [0.15, 0.2) is 9.84 Å². The monoisotopic (exact) mass is 599 g/mol. The van der Waals surface area contributed by atoms with Crippen molar-refractivity contribution >= 4 is 26.0 Å². The maximum atomic E-state index is 14.9. The molecule has 0 bridgehead atoms. The van der Waals surface area contributed by atoms with Crippen molar-refractivity contribution in [3.05, 3.63) is 90.6 Å². The Labute approximate surface area is 239 Å². The van der Waals surface area contributed by atoms with E-state index in [-0.39, 0.29) is 27.6 Å². The average molecular weight is 600 g/mol. The number of hydrogen-bond acceptors (Lipinski definition) is 7. The number of carbonyl (C=O) groups is 1. The van der Waals surface area contributed by atoms with Crippen molar-refractivity contribution in [1.82, 2.24) is 13.9 Å². The van der Waals surface area contributed by atoms with Crippen LogP contribution in [0.25, 0.3) is 22.4 Å². The number of halogens is 1. The number of hydrogen-bond donors (Lipinski definition) is 0. The summed E-state index contributed by atoms with van der Waals surface area (Å²) in [5.41, 5.74) is 0.673. The van der Waals surface area contributed by atoms with Gasteiger partial charge in [0.2, 0.25) is 0 Å². The highest BCUT2D eigenvalue weighted by atomic mass is 32.2. The topological polar surface area (TPSA) is 116 Å². The number of carbonyl (C=O) groups excluding carboxylic acids is 1. The SMILES string of the molecule is CN(Cc1cc(-c2ccccc2F)n(S(=O)(=O)c2cccc(-c3cncc(S(C)(=O)=O)c3)c2)c1)C(=O)OC(C)(C)C. The zero-order valence-corrected chi connectivity index (χ0v) is 24.8. The average Bonchev–Trinajstić information content (AvgIpc) is 3.32. The molecule has 216 valence electrons. The molecule has 4 aromatic rings. The van der Waals surface area contributed by atoms with Gasteiger partial charge >= 0.3 is 6.09 Å². The van der Waals surface area contributed by atoms with Crippen LogP contribution in [0.4, 0.5) is 9.18 Å². The van der Waals surface area contributed by atoms with Crippen molar-refractivity contribution in [2.45, 2.75) is 42.7 Å². The summed E-state index contributed by atoms with van der Waals surface area (Å²) in [6, 6.07) is 14.7. The quantitative estimate of drug-likeness (QED) is 0.281. The lowest BCUT2D eigenvalue weighted by molar-refractivity contribution is 0.0285. The zero-order valence-electron chi connectivity index (χ0n) is 23.2. The van der Waals surface area contributed by atoms with Crippen LogP contribution in [0, 0.1) is 5.82 Å². The Balaban J connectivity index is 1.80. The Kier molecular flexibility index (Phi) is 8.10. The number of pyridine rings is 1. The van der Waals surface area contributed by atoms with Crippen LogP contribution in [0.5, 0.6) is 0 Å². The Bertz CT molecular complexity index is 1830. The molecule has 41 heavy (non-hydrogen) atoms. The first-order chi connectivity index (χ1) is 19.1. The molecule has 0 radical (unpaired) electrons. The third-order valence-corrected chi connectivity index (χ3v) is 8.73. The third-order valence-electron chi connectivity index (χ3n) is 5.98.